The lowest BCUT2D eigenvalue weighted by molar-refractivity contribution is -0.132. The number of ether oxygens (including phenoxy) is 1. The summed E-state index contributed by atoms with van der Waals surface area (Å²) in [7, 11) is 0. The summed E-state index contributed by atoms with van der Waals surface area (Å²) in [5.74, 6) is -0.455. The molecule has 1 aromatic carbocycles. The first kappa shape index (κ1) is 14.7. The van der Waals surface area contributed by atoms with Crippen LogP contribution in [0.15, 0.2) is 30.9 Å². The number of halogens is 1. The van der Waals surface area contributed by atoms with Gasteiger partial charge in [0.2, 0.25) is 5.91 Å². The molecule has 2 rings (SSSR count). The molecule has 0 radical (unpaired) electrons. The van der Waals surface area contributed by atoms with E-state index in [1.165, 1.54) is 12.1 Å². The van der Waals surface area contributed by atoms with Gasteiger partial charge in [-0.1, -0.05) is 18.7 Å². The van der Waals surface area contributed by atoms with E-state index < -0.39 is 0 Å². The lowest BCUT2D eigenvalue weighted by Gasteiger charge is -2.33. The summed E-state index contributed by atoms with van der Waals surface area (Å²) in [5, 5.41) is 0. The monoisotopic (exact) mass is 277 g/mol. The van der Waals surface area contributed by atoms with Crippen LogP contribution < -0.4 is 0 Å². The summed E-state index contributed by atoms with van der Waals surface area (Å²) in [4.78, 5) is 13.7. The van der Waals surface area contributed by atoms with Crippen LogP contribution in [0.3, 0.4) is 0 Å². The van der Waals surface area contributed by atoms with E-state index in [-0.39, 0.29) is 24.3 Å². The minimum Gasteiger partial charge on any atom is -0.379 e. The molecule has 0 spiro atoms. The zero-order valence-electron chi connectivity index (χ0n) is 11.8. The van der Waals surface area contributed by atoms with Gasteiger partial charge >= 0.3 is 0 Å². The number of nitrogens with zero attached hydrogens (tertiary/aromatic N) is 1. The molecule has 4 heteroatoms. The molecule has 1 heterocycles. The Bertz CT molecular complexity index is 495. The van der Waals surface area contributed by atoms with Crippen molar-refractivity contribution in [3.63, 3.8) is 0 Å². The van der Waals surface area contributed by atoms with Crippen LogP contribution in [0.1, 0.15) is 24.0 Å². The van der Waals surface area contributed by atoms with Gasteiger partial charge in [0, 0.05) is 18.7 Å². The fraction of sp³-hybridized carbons (Fsp3) is 0.438. The number of amides is 1. The van der Waals surface area contributed by atoms with E-state index in [1.54, 1.807) is 11.0 Å². The molecule has 1 aliphatic rings. The highest BCUT2D eigenvalue weighted by atomic mass is 19.1. The molecule has 0 unspecified atom stereocenters. The van der Waals surface area contributed by atoms with Crippen molar-refractivity contribution in [2.75, 3.05) is 13.2 Å². The fourth-order valence-electron chi connectivity index (χ4n) is 2.44. The second-order valence-corrected chi connectivity index (χ2v) is 5.14. The molecule has 0 N–H and O–H groups in total. The largest absolute Gasteiger partial charge is 0.379 e. The van der Waals surface area contributed by atoms with Crippen LogP contribution in [0, 0.1) is 12.7 Å². The Hall–Kier alpha value is -1.68. The number of rotatable bonds is 4. The molecule has 1 atom stereocenters. The Labute approximate surface area is 119 Å². The number of aryl methyl sites for hydroxylation is 1. The summed E-state index contributed by atoms with van der Waals surface area (Å²) in [6.07, 6.45) is 3.08. The molecule has 1 aliphatic heterocycles. The van der Waals surface area contributed by atoms with Gasteiger partial charge < -0.3 is 9.64 Å². The molecule has 0 aliphatic carbocycles. The predicted molar refractivity (Wildman–Crippen MR) is 75.7 cm³/mol. The maximum Gasteiger partial charge on any atom is 0.246 e. The van der Waals surface area contributed by atoms with E-state index in [1.807, 2.05) is 13.0 Å². The summed E-state index contributed by atoms with van der Waals surface area (Å²) in [5.41, 5.74) is 1.39. The average Bonchev–Trinajstić information content (AvgIpc) is 2.46. The Kier molecular flexibility index (Phi) is 4.90. The van der Waals surface area contributed by atoms with Gasteiger partial charge in [-0.25, -0.2) is 4.39 Å². The number of benzene rings is 1. The van der Waals surface area contributed by atoms with Crippen molar-refractivity contribution < 1.29 is 13.9 Å². The molecule has 108 valence electrons. The smallest absolute Gasteiger partial charge is 0.246 e. The Morgan fingerprint density at radius 3 is 3.00 bits per heavy atom. The molecule has 3 nitrogen and oxygen atoms in total. The van der Waals surface area contributed by atoms with E-state index in [2.05, 4.69) is 6.58 Å². The molecular formula is C16H20FNO2. The molecule has 1 aromatic rings. The molecule has 1 amide bonds. The van der Waals surface area contributed by atoms with Gasteiger partial charge in [-0.05, 0) is 37.5 Å². The highest BCUT2D eigenvalue weighted by molar-refractivity contribution is 5.87. The van der Waals surface area contributed by atoms with E-state index in [0.717, 1.165) is 25.0 Å². The topological polar surface area (TPSA) is 29.5 Å². The van der Waals surface area contributed by atoms with Gasteiger partial charge in [-0.2, -0.15) is 0 Å². The molecule has 0 bridgehead atoms. The standard InChI is InChI=1S/C16H20FNO2/c1-3-16(19)18(14-5-4-8-20-11-14)10-13-7-6-12(2)9-15(13)17/h3,6-7,9,14H,1,4-5,8,10-11H2,2H3/t14-/m0/s1. The van der Waals surface area contributed by atoms with Gasteiger partial charge in [-0.15, -0.1) is 0 Å². The first-order valence-corrected chi connectivity index (χ1v) is 6.87. The van der Waals surface area contributed by atoms with Crippen LogP contribution in [0.5, 0.6) is 0 Å². The van der Waals surface area contributed by atoms with Gasteiger partial charge in [0.15, 0.2) is 0 Å². The lowest BCUT2D eigenvalue weighted by atomic mass is 10.1. The molecule has 20 heavy (non-hydrogen) atoms. The summed E-state index contributed by atoms with van der Waals surface area (Å²) >= 11 is 0. The Morgan fingerprint density at radius 1 is 1.60 bits per heavy atom. The highest BCUT2D eigenvalue weighted by Gasteiger charge is 2.25. The highest BCUT2D eigenvalue weighted by Crippen LogP contribution is 2.19. The van der Waals surface area contributed by atoms with Crippen molar-refractivity contribution in [3.8, 4) is 0 Å². The lowest BCUT2D eigenvalue weighted by Crippen LogP contribution is -2.43. The van der Waals surface area contributed by atoms with Crippen molar-refractivity contribution in [2.24, 2.45) is 0 Å². The Balaban J connectivity index is 2.18. The Morgan fingerprint density at radius 2 is 2.40 bits per heavy atom. The van der Waals surface area contributed by atoms with Crippen LogP contribution in [-0.4, -0.2) is 30.1 Å². The maximum atomic E-state index is 14.0. The third-order valence-corrected chi connectivity index (χ3v) is 3.58. The normalized spacial score (nSPS) is 18.6. The van der Waals surface area contributed by atoms with Gasteiger partial charge in [-0.3, -0.25) is 4.79 Å². The van der Waals surface area contributed by atoms with Crippen molar-refractivity contribution >= 4 is 5.91 Å². The van der Waals surface area contributed by atoms with Crippen molar-refractivity contribution in [2.45, 2.75) is 32.4 Å². The first-order valence-electron chi connectivity index (χ1n) is 6.87. The van der Waals surface area contributed by atoms with E-state index >= 15 is 0 Å². The van der Waals surface area contributed by atoms with Crippen molar-refractivity contribution in [1.82, 2.24) is 4.90 Å². The average molecular weight is 277 g/mol. The number of carbonyl (C=O) groups excluding carboxylic acids is 1. The number of hydrogen-bond donors (Lipinski definition) is 0. The zero-order valence-corrected chi connectivity index (χ0v) is 11.8. The van der Waals surface area contributed by atoms with Crippen molar-refractivity contribution in [1.29, 1.82) is 0 Å². The number of hydrogen-bond acceptors (Lipinski definition) is 2. The van der Waals surface area contributed by atoms with Crippen LogP contribution in [-0.2, 0) is 16.1 Å². The van der Waals surface area contributed by atoms with Crippen LogP contribution >= 0.6 is 0 Å². The minimum atomic E-state index is -0.274. The summed E-state index contributed by atoms with van der Waals surface area (Å²) in [6, 6.07) is 5.07. The van der Waals surface area contributed by atoms with Gasteiger partial charge in [0.05, 0.1) is 12.6 Å². The zero-order chi connectivity index (χ0) is 14.5. The fourth-order valence-corrected chi connectivity index (χ4v) is 2.44. The first-order chi connectivity index (χ1) is 9.61. The molecule has 0 saturated carbocycles. The summed E-state index contributed by atoms with van der Waals surface area (Å²) < 4.78 is 19.4. The SMILES string of the molecule is C=CC(=O)N(Cc1ccc(C)cc1F)[C@H]1CCCOC1. The predicted octanol–water partition coefficient (Wildman–Crippen LogP) is 2.83. The quantitative estimate of drug-likeness (QED) is 0.792. The molecular weight excluding hydrogens is 257 g/mol. The second kappa shape index (κ2) is 6.66. The van der Waals surface area contributed by atoms with E-state index in [9.17, 15) is 9.18 Å². The third kappa shape index (κ3) is 3.45. The molecule has 1 fully saturated rings. The molecule has 1 saturated heterocycles. The van der Waals surface area contributed by atoms with Crippen molar-refractivity contribution in [3.05, 3.63) is 47.8 Å². The maximum absolute atomic E-state index is 14.0. The van der Waals surface area contributed by atoms with Crippen LogP contribution in [0.25, 0.3) is 0 Å². The van der Waals surface area contributed by atoms with E-state index in [4.69, 9.17) is 4.74 Å². The van der Waals surface area contributed by atoms with Gasteiger partial charge in [0.25, 0.3) is 0 Å². The van der Waals surface area contributed by atoms with Gasteiger partial charge in [0.1, 0.15) is 5.82 Å². The summed E-state index contributed by atoms with van der Waals surface area (Å²) in [6.45, 7) is 6.86. The third-order valence-electron chi connectivity index (χ3n) is 3.58. The second-order valence-electron chi connectivity index (χ2n) is 5.14. The molecule has 0 aromatic heterocycles. The van der Waals surface area contributed by atoms with E-state index in [0.29, 0.717) is 12.2 Å². The minimum absolute atomic E-state index is 0.00467. The van der Waals surface area contributed by atoms with Crippen LogP contribution in [0.2, 0.25) is 0 Å². The van der Waals surface area contributed by atoms with Crippen LogP contribution in [0.4, 0.5) is 4.39 Å². The number of carbonyl (C=O) groups is 1.